The van der Waals surface area contributed by atoms with Crippen molar-refractivity contribution >= 4 is 55.1 Å². The van der Waals surface area contributed by atoms with E-state index in [0.29, 0.717) is 34.0 Å². The van der Waals surface area contributed by atoms with Gasteiger partial charge < -0.3 is 15.0 Å². The number of nitrogens with zero attached hydrogens (tertiary/aromatic N) is 2. The third-order valence-corrected chi connectivity index (χ3v) is 8.95. The highest BCUT2D eigenvalue weighted by atomic mass is 79.9. The third kappa shape index (κ3) is 8.70. The third-order valence-electron chi connectivity index (χ3n) is 6.27. The van der Waals surface area contributed by atoms with Crippen LogP contribution in [0.4, 0.5) is 5.69 Å². The standard InChI is InChI=1S/C30H35BrClN3O5S/c1-5-40-26-14-12-25(13-15-26)35(41(38,39)27-16-10-24(31)11-17-27)20-29(36)34(19-23-8-6-7-9-28(23)32)22(4)30(37)33-18-21(2)3/h6-17,21-22H,5,18-20H2,1-4H3,(H,33,37)/t22-/m0/s1. The normalized spacial score (nSPS) is 12.1. The summed E-state index contributed by atoms with van der Waals surface area (Å²) in [7, 11) is -4.18. The second-order valence-corrected chi connectivity index (χ2v) is 13.0. The molecule has 0 saturated carbocycles. The number of hydrogen-bond donors (Lipinski definition) is 1. The van der Waals surface area contributed by atoms with Crippen LogP contribution in [0.2, 0.25) is 5.02 Å². The van der Waals surface area contributed by atoms with Crippen molar-refractivity contribution in [3.05, 3.63) is 87.9 Å². The lowest BCUT2D eigenvalue weighted by Crippen LogP contribution is -2.51. The number of amides is 2. The quantitative estimate of drug-likeness (QED) is 0.246. The number of sulfonamides is 1. The van der Waals surface area contributed by atoms with Crippen molar-refractivity contribution in [2.75, 3.05) is 24.0 Å². The first kappa shape index (κ1) is 32.4. The number of nitrogens with one attached hydrogen (secondary N) is 1. The lowest BCUT2D eigenvalue weighted by Gasteiger charge is -2.32. The van der Waals surface area contributed by atoms with Gasteiger partial charge in [0.05, 0.1) is 17.2 Å². The zero-order chi connectivity index (χ0) is 30.2. The van der Waals surface area contributed by atoms with Crippen molar-refractivity contribution in [2.24, 2.45) is 5.92 Å². The molecule has 0 aromatic heterocycles. The summed E-state index contributed by atoms with van der Waals surface area (Å²) in [5.41, 5.74) is 0.911. The van der Waals surface area contributed by atoms with Crippen LogP contribution in [-0.2, 0) is 26.2 Å². The maximum atomic E-state index is 14.0. The first-order valence-corrected chi connectivity index (χ1v) is 15.9. The van der Waals surface area contributed by atoms with Gasteiger partial charge in [0.2, 0.25) is 11.8 Å². The molecule has 0 aliphatic rings. The number of hydrogen-bond acceptors (Lipinski definition) is 5. The zero-order valence-electron chi connectivity index (χ0n) is 23.5. The lowest BCUT2D eigenvalue weighted by atomic mass is 10.1. The van der Waals surface area contributed by atoms with Crippen LogP contribution in [0, 0.1) is 5.92 Å². The highest BCUT2D eigenvalue weighted by molar-refractivity contribution is 9.10. The molecule has 220 valence electrons. The van der Waals surface area contributed by atoms with Gasteiger partial charge in [-0.15, -0.1) is 0 Å². The Morgan fingerprint density at radius 1 is 0.976 bits per heavy atom. The summed E-state index contributed by atoms with van der Waals surface area (Å²) in [6.07, 6.45) is 0. The van der Waals surface area contributed by atoms with Gasteiger partial charge in [0.15, 0.2) is 0 Å². The Morgan fingerprint density at radius 2 is 1.61 bits per heavy atom. The summed E-state index contributed by atoms with van der Waals surface area (Å²) in [5.74, 6) is -0.126. The molecule has 0 aliphatic heterocycles. The summed E-state index contributed by atoms with van der Waals surface area (Å²) in [4.78, 5) is 28.5. The molecular formula is C30H35BrClN3O5S. The topological polar surface area (TPSA) is 96.0 Å². The van der Waals surface area contributed by atoms with Crippen LogP contribution in [0.3, 0.4) is 0 Å². The SMILES string of the molecule is CCOc1ccc(N(CC(=O)N(Cc2ccccc2Cl)[C@@H](C)C(=O)NCC(C)C)S(=O)(=O)c2ccc(Br)cc2)cc1. The number of anilines is 1. The van der Waals surface area contributed by atoms with Crippen LogP contribution in [-0.4, -0.2) is 50.9 Å². The van der Waals surface area contributed by atoms with Crippen molar-refractivity contribution in [1.82, 2.24) is 10.2 Å². The fourth-order valence-electron chi connectivity index (χ4n) is 3.98. The van der Waals surface area contributed by atoms with E-state index in [0.717, 1.165) is 4.31 Å². The molecule has 0 bridgehead atoms. The molecule has 0 radical (unpaired) electrons. The lowest BCUT2D eigenvalue weighted by molar-refractivity contribution is -0.139. The molecule has 3 rings (SSSR count). The van der Waals surface area contributed by atoms with Crippen LogP contribution in [0.1, 0.15) is 33.3 Å². The van der Waals surface area contributed by atoms with E-state index in [1.807, 2.05) is 20.8 Å². The van der Waals surface area contributed by atoms with E-state index in [2.05, 4.69) is 21.2 Å². The number of ether oxygens (including phenoxy) is 1. The predicted molar refractivity (Wildman–Crippen MR) is 166 cm³/mol. The molecule has 41 heavy (non-hydrogen) atoms. The molecule has 1 N–H and O–H groups in total. The van der Waals surface area contributed by atoms with Gasteiger partial charge in [0.1, 0.15) is 18.3 Å². The van der Waals surface area contributed by atoms with Gasteiger partial charge in [0, 0.05) is 22.6 Å². The molecule has 3 aromatic rings. The Labute approximate surface area is 255 Å². The van der Waals surface area contributed by atoms with E-state index in [4.69, 9.17) is 16.3 Å². The fourth-order valence-corrected chi connectivity index (χ4v) is 5.86. The summed E-state index contributed by atoms with van der Waals surface area (Å²) < 4.78 is 35.1. The number of benzene rings is 3. The largest absolute Gasteiger partial charge is 0.494 e. The van der Waals surface area contributed by atoms with Gasteiger partial charge >= 0.3 is 0 Å². The fraction of sp³-hybridized carbons (Fsp3) is 0.333. The molecule has 0 fully saturated rings. The second kappa shape index (κ2) is 14.7. The van der Waals surface area contributed by atoms with Crippen LogP contribution in [0.25, 0.3) is 0 Å². The van der Waals surface area contributed by atoms with Crippen molar-refractivity contribution in [3.8, 4) is 5.75 Å². The van der Waals surface area contributed by atoms with E-state index < -0.39 is 28.5 Å². The van der Waals surface area contributed by atoms with Gasteiger partial charge in [-0.1, -0.05) is 59.6 Å². The highest BCUT2D eigenvalue weighted by Crippen LogP contribution is 2.28. The number of halogens is 2. The Balaban J connectivity index is 2.03. The van der Waals surface area contributed by atoms with Gasteiger partial charge in [-0.2, -0.15) is 0 Å². The molecule has 3 aromatic carbocycles. The Bertz CT molecular complexity index is 1430. The van der Waals surface area contributed by atoms with E-state index in [1.165, 1.54) is 17.0 Å². The molecule has 8 nitrogen and oxygen atoms in total. The first-order chi connectivity index (χ1) is 19.4. The van der Waals surface area contributed by atoms with E-state index in [1.54, 1.807) is 67.6 Å². The molecule has 0 unspecified atom stereocenters. The number of rotatable bonds is 13. The van der Waals surface area contributed by atoms with Crippen molar-refractivity contribution in [3.63, 3.8) is 0 Å². The summed E-state index contributed by atoms with van der Waals surface area (Å²) in [6.45, 7) is 7.78. The maximum Gasteiger partial charge on any atom is 0.264 e. The zero-order valence-corrected chi connectivity index (χ0v) is 26.7. The Hall–Kier alpha value is -3.08. The Morgan fingerprint density at radius 3 is 2.20 bits per heavy atom. The summed E-state index contributed by atoms with van der Waals surface area (Å²) in [6, 6.07) is 18.8. The maximum absolute atomic E-state index is 14.0. The number of carbonyl (C=O) groups excluding carboxylic acids is 2. The minimum Gasteiger partial charge on any atom is -0.494 e. The smallest absolute Gasteiger partial charge is 0.264 e. The van der Waals surface area contributed by atoms with E-state index >= 15 is 0 Å². The average molecular weight is 665 g/mol. The molecular weight excluding hydrogens is 630 g/mol. The van der Waals surface area contributed by atoms with Gasteiger partial charge in [-0.3, -0.25) is 13.9 Å². The number of carbonyl (C=O) groups is 2. The van der Waals surface area contributed by atoms with Crippen LogP contribution >= 0.6 is 27.5 Å². The summed E-state index contributed by atoms with van der Waals surface area (Å²) >= 11 is 9.74. The van der Waals surface area contributed by atoms with Crippen molar-refractivity contribution in [1.29, 1.82) is 0 Å². The van der Waals surface area contributed by atoms with Gasteiger partial charge in [-0.25, -0.2) is 8.42 Å². The minimum absolute atomic E-state index is 0.0164. The van der Waals surface area contributed by atoms with E-state index in [-0.39, 0.29) is 29.0 Å². The van der Waals surface area contributed by atoms with Crippen LogP contribution < -0.4 is 14.4 Å². The molecule has 0 heterocycles. The van der Waals surface area contributed by atoms with Crippen LogP contribution in [0.5, 0.6) is 5.75 Å². The predicted octanol–water partition coefficient (Wildman–Crippen LogP) is 5.89. The van der Waals surface area contributed by atoms with E-state index in [9.17, 15) is 18.0 Å². The van der Waals surface area contributed by atoms with Crippen molar-refractivity contribution in [2.45, 2.75) is 45.2 Å². The molecule has 0 spiro atoms. The molecule has 1 atom stereocenters. The molecule has 2 amide bonds. The van der Waals surface area contributed by atoms with Crippen LogP contribution in [0.15, 0.2) is 82.2 Å². The average Bonchev–Trinajstić information content (AvgIpc) is 2.94. The highest BCUT2D eigenvalue weighted by Gasteiger charge is 2.33. The molecule has 0 saturated heterocycles. The Kier molecular flexibility index (Phi) is 11.6. The molecule has 11 heteroatoms. The molecule has 0 aliphatic carbocycles. The van der Waals surface area contributed by atoms with Gasteiger partial charge in [-0.05, 0) is 79.9 Å². The first-order valence-electron chi connectivity index (χ1n) is 13.3. The minimum atomic E-state index is -4.18. The second-order valence-electron chi connectivity index (χ2n) is 9.82. The van der Waals surface area contributed by atoms with Gasteiger partial charge in [0.25, 0.3) is 10.0 Å². The van der Waals surface area contributed by atoms with Crippen molar-refractivity contribution < 1.29 is 22.7 Å². The summed E-state index contributed by atoms with van der Waals surface area (Å²) in [5, 5.41) is 3.30. The monoisotopic (exact) mass is 663 g/mol.